The monoisotopic (exact) mass is 497 g/mol. The number of ether oxygens (including phenoxy) is 1. The number of hydrogen-bond donors (Lipinski definition) is 1. The first kappa shape index (κ1) is 24.3. The van der Waals surface area contributed by atoms with E-state index in [2.05, 4.69) is 25.6 Å². The summed E-state index contributed by atoms with van der Waals surface area (Å²) in [6.07, 6.45) is -1.44. The number of alkyl halides is 3. The molecule has 1 saturated heterocycles. The van der Waals surface area contributed by atoms with Crippen LogP contribution in [0.2, 0.25) is 0 Å². The minimum Gasteiger partial charge on any atom is -0.431 e. The summed E-state index contributed by atoms with van der Waals surface area (Å²) in [6, 6.07) is 11.2. The molecule has 3 heterocycles. The molecule has 0 atom stereocenters. The standard InChI is InChI=1S/C24H18F3N5O2S/c1-29-21-20(16-4-6-18(7-5-16)34-24(26,27)14-33)19(9-28)23(31-22(21)32-11-17(25)12-32)35-13-15-3-2-8-30-10-15/h2-8,10,17,33H,11-14H2. The highest BCUT2D eigenvalue weighted by molar-refractivity contribution is 7.98. The molecule has 1 N–H and O–H groups in total. The van der Waals surface area contributed by atoms with Gasteiger partial charge in [-0.25, -0.2) is 14.2 Å². The fourth-order valence-corrected chi connectivity index (χ4v) is 4.40. The zero-order valence-corrected chi connectivity index (χ0v) is 19.0. The van der Waals surface area contributed by atoms with Crippen LogP contribution >= 0.6 is 11.8 Å². The molecule has 0 radical (unpaired) electrons. The van der Waals surface area contributed by atoms with E-state index in [1.807, 2.05) is 6.07 Å². The van der Waals surface area contributed by atoms with Gasteiger partial charge >= 0.3 is 6.11 Å². The number of aliphatic hydroxyl groups excluding tert-OH is 1. The number of halogens is 3. The van der Waals surface area contributed by atoms with Crippen molar-refractivity contribution < 1.29 is 23.0 Å². The van der Waals surface area contributed by atoms with Crippen molar-refractivity contribution in [2.45, 2.75) is 23.1 Å². The number of pyridine rings is 2. The molecule has 35 heavy (non-hydrogen) atoms. The minimum absolute atomic E-state index is 0.0773. The molecule has 2 aromatic heterocycles. The maximum Gasteiger partial charge on any atom is 0.421 e. The molecule has 1 aliphatic heterocycles. The number of thioether (sulfide) groups is 1. The van der Waals surface area contributed by atoms with Crippen LogP contribution in [0.1, 0.15) is 11.1 Å². The number of nitrogens with zero attached hydrogens (tertiary/aromatic N) is 5. The van der Waals surface area contributed by atoms with Crippen molar-refractivity contribution in [3.05, 3.63) is 71.3 Å². The van der Waals surface area contributed by atoms with Crippen LogP contribution in [-0.2, 0) is 5.75 Å². The second-order valence-corrected chi connectivity index (χ2v) is 8.60. The highest BCUT2D eigenvalue weighted by atomic mass is 32.2. The van der Waals surface area contributed by atoms with Crippen LogP contribution in [0.3, 0.4) is 0 Å². The first-order valence-corrected chi connectivity index (χ1v) is 11.4. The molecule has 7 nitrogen and oxygen atoms in total. The van der Waals surface area contributed by atoms with E-state index in [9.17, 15) is 18.4 Å². The fraction of sp³-hybridized carbons (Fsp3) is 0.250. The quantitative estimate of drug-likeness (QED) is 0.347. The van der Waals surface area contributed by atoms with E-state index in [0.717, 1.165) is 5.56 Å². The fourth-order valence-electron chi connectivity index (χ4n) is 3.49. The van der Waals surface area contributed by atoms with E-state index in [-0.39, 0.29) is 41.5 Å². The average molecular weight is 498 g/mol. The first-order chi connectivity index (χ1) is 16.8. The molecule has 4 rings (SSSR count). The number of nitriles is 1. The molecular formula is C24H18F3N5O2S. The first-order valence-electron chi connectivity index (χ1n) is 10.4. The lowest BCUT2D eigenvalue weighted by atomic mass is 9.99. The van der Waals surface area contributed by atoms with Crippen LogP contribution in [0, 0.1) is 17.9 Å². The molecule has 1 fully saturated rings. The highest BCUT2D eigenvalue weighted by Gasteiger charge is 2.33. The third-order valence-electron chi connectivity index (χ3n) is 5.17. The number of aliphatic hydroxyl groups is 1. The molecule has 0 unspecified atom stereocenters. The second kappa shape index (κ2) is 10.2. The Morgan fingerprint density at radius 2 is 2.03 bits per heavy atom. The number of aromatic nitrogens is 2. The smallest absolute Gasteiger partial charge is 0.421 e. The van der Waals surface area contributed by atoms with Crippen molar-refractivity contribution in [1.82, 2.24) is 9.97 Å². The van der Waals surface area contributed by atoms with Gasteiger partial charge in [-0.05, 0) is 29.3 Å². The summed E-state index contributed by atoms with van der Waals surface area (Å²) in [5.41, 5.74) is 1.83. The summed E-state index contributed by atoms with van der Waals surface area (Å²) in [5, 5.41) is 19.1. The lowest BCUT2D eigenvalue weighted by Gasteiger charge is -2.36. The van der Waals surface area contributed by atoms with Crippen molar-refractivity contribution in [1.29, 1.82) is 5.26 Å². The van der Waals surface area contributed by atoms with E-state index in [0.29, 0.717) is 16.3 Å². The van der Waals surface area contributed by atoms with E-state index < -0.39 is 18.9 Å². The zero-order valence-electron chi connectivity index (χ0n) is 18.2. The Hall–Kier alpha value is -3.80. The molecule has 0 spiro atoms. The summed E-state index contributed by atoms with van der Waals surface area (Å²) < 4.78 is 44.9. The molecule has 178 valence electrons. The van der Waals surface area contributed by atoms with Gasteiger partial charge in [-0.1, -0.05) is 18.2 Å². The van der Waals surface area contributed by atoms with Crippen molar-refractivity contribution in [3.63, 3.8) is 0 Å². The van der Waals surface area contributed by atoms with Crippen molar-refractivity contribution in [2.24, 2.45) is 0 Å². The van der Waals surface area contributed by atoms with Crippen LogP contribution in [0.4, 0.5) is 24.7 Å². The number of anilines is 1. The van der Waals surface area contributed by atoms with E-state index in [1.165, 1.54) is 36.0 Å². The van der Waals surface area contributed by atoms with Crippen LogP contribution in [-0.4, -0.2) is 47.1 Å². The van der Waals surface area contributed by atoms with Gasteiger partial charge in [0.2, 0.25) is 5.69 Å². The zero-order chi connectivity index (χ0) is 25.0. The maximum atomic E-state index is 13.6. The van der Waals surface area contributed by atoms with Crippen molar-refractivity contribution in [2.75, 3.05) is 24.6 Å². The van der Waals surface area contributed by atoms with E-state index in [4.69, 9.17) is 11.7 Å². The van der Waals surface area contributed by atoms with E-state index in [1.54, 1.807) is 23.4 Å². The predicted molar refractivity (Wildman–Crippen MR) is 124 cm³/mol. The molecule has 0 saturated carbocycles. The van der Waals surface area contributed by atoms with Gasteiger partial charge < -0.3 is 14.7 Å². The van der Waals surface area contributed by atoms with Crippen LogP contribution < -0.4 is 9.64 Å². The average Bonchev–Trinajstić information content (AvgIpc) is 2.85. The molecule has 0 bridgehead atoms. The number of rotatable bonds is 8. The summed E-state index contributed by atoms with van der Waals surface area (Å²) in [4.78, 5) is 13.9. The third kappa shape index (κ3) is 5.32. The largest absolute Gasteiger partial charge is 0.431 e. The van der Waals surface area contributed by atoms with Gasteiger partial charge in [0.25, 0.3) is 0 Å². The Bertz CT molecular complexity index is 1290. The maximum absolute atomic E-state index is 13.6. The molecule has 1 aliphatic rings. The molecular weight excluding hydrogens is 479 g/mol. The number of hydrogen-bond acceptors (Lipinski definition) is 7. The minimum atomic E-state index is -3.75. The lowest BCUT2D eigenvalue weighted by molar-refractivity contribution is -0.200. The molecule has 3 aromatic rings. The third-order valence-corrected chi connectivity index (χ3v) is 6.22. The van der Waals surface area contributed by atoms with Gasteiger partial charge in [0.15, 0.2) is 0 Å². The Morgan fingerprint density at radius 3 is 2.60 bits per heavy atom. The Morgan fingerprint density at radius 1 is 1.29 bits per heavy atom. The summed E-state index contributed by atoms with van der Waals surface area (Å²) >= 11 is 1.29. The van der Waals surface area contributed by atoms with Crippen LogP contribution in [0.25, 0.3) is 16.0 Å². The van der Waals surface area contributed by atoms with Gasteiger partial charge in [-0.2, -0.15) is 14.0 Å². The van der Waals surface area contributed by atoms with Gasteiger partial charge in [0.05, 0.1) is 25.2 Å². The Labute approximate surface area is 203 Å². The van der Waals surface area contributed by atoms with Gasteiger partial charge in [-0.15, -0.1) is 11.8 Å². The molecule has 11 heteroatoms. The summed E-state index contributed by atoms with van der Waals surface area (Å²) in [7, 11) is 0. The molecule has 0 aliphatic carbocycles. The summed E-state index contributed by atoms with van der Waals surface area (Å²) in [5.74, 6) is 0.531. The van der Waals surface area contributed by atoms with E-state index >= 15 is 0 Å². The highest BCUT2D eigenvalue weighted by Crippen LogP contribution is 2.45. The summed E-state index contributed by atoms with van der Waals surface area (Å²) in [6.45, 7) is 6.45. The molecule has 1 aromatic carbocycles. The van der Waals surface area contributed by atoms with Gasteiger partial charge in [0, 0.05) is 23.7 Å². The normalized spacial score (nSPS) is 13.6. The van der Waals surface area contributed by atoms with Crippen LogP contribution in [0.15, 0.2) is 53.8 Å². The SMILES string of the molecule is [C-]#[N+]c1c(N2CC(F)C2)nc(SCc2cccnc2)c(C#N)c1-c1ccc(OC(F)(F)CO)cc1. The van der Waals surface area contributed by atoms with Crippen molar-refractivity contribution >= 4 is 23.3 Å². The van der Waals surface area contributed by atoms with Gasteiger partial charge in [0.1, 0.15) is 35.4 Å². The Kier molecular flexibility index (Phi) is 7.10. The van der Waals surface area contributed by atoms with Crippen molar-refractivity contribution in [3.8, 4) is 22.9 Å². The Balaban J connectivity index is 1.79. The predicted octanol–water partition coefficient (Wildman–Crippen LogP) is 4.98. The lowest BCUT2D eigenvalue weighted by Crippen LogP contribution is -2.49. The van der Waals surface area contributed by atoms with Crippen LogP contribution in [0.5, 0.6) is 5.75 Å². The second-order valence-electron chi connectivity index (χ2n) is 7.64. The molecule has 0 amide bonds. The van der Waals surface area contributed by atoms with Gasteiger partial charge in [-0.3, -0.25) is 4.98 Å². The topological polar surface area (TPSA) is 86.6 Å². The number of benzene rings is 1.